The third kappa shape index (κ3) is 3.95. The van der Waals surface area contributed by atoms with Crippen molar-refractivity contribution in [3.63, 3.8) is 0 Å². The Labute approximate surface area is 111 Å². The van der Waals surface area contributed by atoms with E-state index < -0.39 is 5.54 Å². The van der Waals surface area contributed by atoms with Gasteiger partial charge >= 0.3 is 5.97 Å². The number of methoxy groups -OCH3 is 1. The zero-order chi connectivity index (χ0) is 13.4. The first-order valence-corrected chi connectivity index (χ1v) is 7.24. The lowest BCUT2D eigenvalue weighted by Crippen LogP contribution is -2.53. The molecule has 1 saturated heterocycles. The summed E-state index contributed by atoms with van der Waals surface area (Å²) in [5, 5.41) is 3.44. The van der Waals surface area contributed by atoms with Gasteiger partial charge < -0.3 is 15.0 Å². The molecular formula is C14H28N2O2. The van der Waals surface area contributed by atoms with Gasteiger partial charge in [-0.05, 0) is 51.7 Å². The number of ether oxygens (including phenoxy) is 1. The minimum atomic E-state index is -0.451. The zero-order valence-electron chi connectivity index (χ0n) is 12.1. The number of esters is 1. The van der Waals surface area contributed by atoms with Gasteiger partial charge in [-0.15, -0.1) is 0 Å². The molecule has 0 aromatic rings. The molecule has 0 spiro atoms. The summed E-state index contributed by atoms with van der Waals surface area (Å²) >= 11 is 0. The number of hydrogen-bond donors (Lipinski definition) is 1. The van der Waals surface area contributed by atoms with E-state index >= 15 is 0 Å². The lowest BCUT2D eigenvalue weighted by molar-refractivity contribution is -0.149. The summed E-state index contributed by atoms with van der Waals surface area (Å²) in [5.74, 6) is -0.0886. The molecule has 1 aliphatic rings. The number of nitrogens with zero attached hydrogens (tertiary/aromatic N) is 1. The first-order chi connectivity index (χ1) is 8.68. The molecule has 0 radical (unpaired) electrons. The van der Waals surface area contributed by atoms with Crippen molar-refractivity contribution < 1.29 is 9.53 Å². The maximum Gasteiger partial charge on any atom is 0.326 e. The van der Waals surface area contributed by atoms with Crippen LogP contribution >= 0.6 is 0 Å². The molecule has 1 rings (SSSR count). The SMILES string of the molecule is CCCNC1(C(=O)OC)CCCN(CCC)CC1. The van der Waals surface area contributed by atoms with Crippen molar-refractivity contribution >= 4 is 5.97 Å². The molecule has 0 bridgehead atoms. The quantitative estimate of drug-likeness (QED) is 0.736. The first-order valence-electron chi connectivity index (χ1n) is 7.24. The second kappa shape index (κ2) is 7.74. The fourth-order valence-corrected chi connectivity index (χ4v) is 2.74. The smallest absolute Gasteiger partial charge is 0.326 e. The van der Waals surface area contributed by atoms with Crippen molar-refractivity contribution in [1.29, 1.82) is 0 Å². The van der Waals surface area contributed by atoms with E-state index in [1.165, 1.54) is 13.5 Å². The van der Waals surface area contributed by atoms with Gasteiger partial charge in [-0.2, -0.15) is 0 Å². The Morgan fingerprint density at radius 1 is 1.28 bits per heavy atom. The van der Waals surface area contributed by atoms with Gasteiger partial charge in [0.05, 0.1) is 7.11 Å². The van der Waals surface area contributed by atoms with Crippen molar-refractivity contribution in [2.24, 2.45) is 0 Å². The van der Waals surface area contributed by atoms with Crippen LogP contribution in [0.3, 0.4) is 0 Å². The van der Waals surface area contributed by atoms with Crippen molar-refractivity contribution in [2.75, 3.05) is 33.3 Å². The van der Waals surface area contributed by atoms with Crippen LogP contribution in [0.2, 0.25) is 0 Å². The highest BCUT2D eigenvalue weighted by atomic mass is 16.5. The minimum Gasteiger partial charge on any atom is -0.468 e. The van der Waals surface area contributed by atoms with E-state index in [4.69, 9.17) is 4.74 Å². The van der Waals surface area contributed by atoms with Crippen molar-refractivity contribution in [3.8, 4) is 0 Å². The normalized spacial score (nSPS) is 25.7. The zero-order valence-corrected chi connectivity index (χ0v) is 12.1. The van der Waals surface area contributed by atoms with Crippen LogP contribution in [-0.2, 0) is 9.53 Å². The molecular weight excluding hydrogens is 228 g/mol. The van der Waals surface area contributed by atoms with Gasteiger partial charge in [0.1, 0.15) is 5.54 Å². The molecule has 18 heavy (non-hydrogen) atoms. The summed E-state index contributed by atoms with van der Waals surface area (Å²) in [4.78, 5) is 14.6. The van der Waals surface area contributed by atoms with Crippen LogP contribution in [0.25, 0.3) is 0 Å². The van der Waals surface area contributed by atoms with Crippen molar-refractivity contribution in [3.05, 3.63) is 0 Å². The number of carbonyl (C=O) groups excluding carboxylic acids is 1. The lowest BCUT2D eigenvalue weighted by atomic mass is 9.90. The molecule has 1 fully saturated rings. The van der Waals surface area contributed by atoms with Crippen LogP contribution in [0.5, 0.6) is 0 Å². The highest BCUT2D eigenvalue weighted by Crippen LogP contribution is 2.24. The number of carbonyl (C=O) groups is 1. The Morgan fingerprint density at radius 3 is 2.67 bits per heavy atom. The Balaban J connectivity index is 2.68. The summed E-state index contributed by atoms with van der Waals surface area (Å²) in [6.07, 6.45) is 5.02. The molecule has 0 aromatic heterocycles. The summed E-state index contributed by atoms with van der Waals surface area (Å²) in [6.45, 7) is 8.42. The first kappa shape index (κ1) is 15.4. The average molecular weight is 256 g/mol. The lowest BCUT2D eigenvalue weighted by Gasteiger charge is -2.31. The maximum absolute atomic E-state index is 12.1. The van der Waals surface area contributed by atoms with Gasteiger partial charge in [0.2, 0.25) is 0 Å². The Bertz CT molecular complexity index is 258. The second-order valence-corrected chi connectivity index (χ2v) is 5.20. The largest absolute Gasteiger partial charge is 0.468 e. The third-order valence-corrected chi connectivity index (χ3v) is 3.76. The molecule has 4 nitrogen and oxygen atoms in total. The van der Waals surface area contributed by atoms with Gasteiger partial charge in [0.25, 0.3) is 0 Å². The second-order valence-electron chi connectivity index (χ2n) is 5.20. The van der Waals surface area contributed by atoms with Gasteiger partial charge in [0.15, 0.2) is 0 Å². The highest BCUT2D eigenvalue weighted by Gasteiger charge is 2.39. The van der Waals surface area contributed by atoms with Gasteiger partial charge in [-0.3, -0.25) is 4.79 Å². The Morgan fingerprint density at radius 2 is 2.06 bits per heavy atom. The molecule has 0 saturated carbocycles. The third-order valence-electron chi connectivity index (χ3n) is 3.76. The standard InChI is InChI=1S/C14H28N2O2/c1-4-9-15-14(13(17)18-3)7-6-11-16(10-5-2)12-8-14/h15H,4-12H2,1-3H3. The molecule has 1 atom stereocenters. The molecule has 0 aromatic carbocycles. The average Bonchev–Trinajstić information content (AvgIpc) is 2.60. The van der Waals surface area contributed by atoms with Gasteiger partial charge in [-0.25, -0.2) is 0 Å². The summed E-state index contributed by atoms with van der Waals surface area (Å²) in [6, 6.07) is 0. The van der Waals surface area contributed by atoms with Crippen LogP contribution in [0.4, 0.5) is 0 Å². The van der Waals surface area contributed by atoms with E-state index in [0.29, 0.717) is 0 Å². The molecule has 1 heterocycles. The number of likely N-dealkylation sites (tertiary alicyclic amines) is 1. The van der Waals surface area contributed by atoms with Crippen LogP contribution in [-0.4, -0.2) is 49.7 Å². The molecule has 1 N–H and O–H groups in total. The summed E-state index contributed by atoms with van der Waals surface area (Å²) < 4.78 is 5.02. The summed E-state index contributed by atoms with van der Waals surface area (Å²) in [5.41, 5.74) is -0.451. The maximum atomic E-state index is 12.1. The number of nitrogens with one attached hydrogen (secondary N) is 1. The van der Waals surface area contributed by atoms with Crippen molar-refractivity contribution in [2.45, 2.75) is 51.5 Å². The Hall–Kier alpha value is -0.610. The van der Waals surface area contributed by atoms with E-state index in [9.17, 15) is 4.79 Å². The molecule has 0 aliphatic carbocycles. The minimum absolute atomic E-state index is 0.0886. The van der Waals surface area contributed by atoms with Crippen LogP contribution in [0.15, 0.2) is 0 Å². The molecule has 106 valence electrons. The van der Waals surface area contributed by atoms with Gasteiger partial charge in [0, 0.05) is 6.54 Å². The van der Waals surface area contributed by atoms with Crippen LogP contribution in [0.1, 0.15) is 46.0 Å². The monoisotopic (exact) mass is 256 g/mol. The fraction of sp³-hybridized carbons (Fsp3) is 0.929. The van der Waals surface area contributed by atoms with E-state index in [0.717, 1.165) is 51.9 Å². The topological polar surface area (TPSA) is 41.6 Å². The summed E-state index contributed by atoms with van der Waals surface area (Å²) in [7, 11) is 1.49. The highest BCUT2D eigenvalue weighted by molar-refractivity contribution is 5.80. The van der Waals surface area contributed by atoms with E-state index in [2.05, 4.69) is 24.1 Å². The van der Waals surface area contributed by atoms with E-state index in [1.54, 1.807) is 0 Å². The van der Waals surface area contributed by atoms with Gasteiger partial charge in [-0.1, -0.05) is 13.8 Å². The van der Waals surface area contributed by atoms with Crippen molar-refractivity contribution in [1.82, 2.24) is 10.2 Å². The molecule has 0 amide bonds. The molecule has 1 aliphatic heterocycles. The number of hydrogen-bond acceptors (Lipinski definition) is 4. The Kier molecular flexibility index (Phi) is 6.65. The van der Waals surface area contributed by atoms with Crippen LogP contribution in [0, 0.1) is 0 Å². The van der Waals surface area contributed by atoms with Crippen LogP contribution < -0.4 is 5.32 Å². The number of rotatable bonds is 6. The van der Waals surface area contributed by atoms with E-state index in [-0.39, 0.29) is 5.97 Å². The predicted molar refractivity (Wildman–Crippen MR) is 73.6 cm³/mol. The fourth-order valence-electron chi connectivity index (χ4n) is 2.74. The predicted octanol–water partition coefficient (Wildman–Crippen LogP) is 1.79. The van der Waals surface area contributed by atoms with E-state index in [1.807, 2.05) is 0 Å². The molecule has 4 heteroatoms. The molecule has 1 unspecified atom stereocenters.